The molecule has 0 fully saturated rings. The minimum atomic E-state index is -3.89. The van der Waals surface area contributed by atoms with Crippen LogP contribution in [0.25, 0.3) is 11.1 Å². The van der Waals surface area contributed by atoms with Crippen LogP contribution in [-0.4, -0.2) is 63.0 Å². The van der Waals surface area contributed by atoms with E-state index in [4.69, 9.17) is 14.5 Å². The minimum absolute atomic E-state index is 0.142. The molecule has 45 heavy (non-hydrogen) atoms. The second kappa shape index (κ2) is 15.8. The van der Waals surface area contributed by atoms with Gasteiger partial charge in [0, 0.05) is 38.4 Å². The number of carbonyl (C=O) groups is 1. The molecule has 0 unspecified atom stereocenters. The van der Waals surface area contributed by atoms with Crippen molar-refractivity contribution in [3.05, 3.63) is 95.4 Å². The number of unbranched alkanes of at least 4 members (excludes halogenated alkanes) is 1. The molecule has 0 amide bonds. The second-order valence-electron chi connectivity index (χ2n) is 10.6. The molecule has 0 radical (unpaired) electrons. The number of carbonyl (C=O) groups excluding carboxylic acids is 1. The Balaban J connectivity index is 1.69. The first-order valence-corrected chi connectivity index (χ1v) is 17.3. The molecule has 3 aromatic carbocycles. The fourth-order valence-electron chi connectivity index (χ4n) is 4.64. The maximum Gasteiger partial charge on any atom is 0.359 e. The van der Waals surface area contributed by atoms with Gasteiger partial charge in [0.15, 0.2) is 5.69 Å². The number of methoxy groups -OCH3 is 1. The number of hydrogen-bond acceptors (Lipinski definition) is 7. The third-order valence-electron chi connectivity index (χ3n) is 6.94. The molecule has 1 aromatic heterocycles. The lowest BCUT2D eigenvalue weighted by atomic mass is 10.0. The third-order valence-corrected chi connectivity index (χ3v) is 9.39. The summed E-state index contributed by atoms with van der Waals surface area (Å²) in [5.74, 6) is 1.82. The van der Waals surface area contributed by atoms with Crippen LogP contribution in [0, 0.1) is 0 Å². The highest BCUT2D eigenvalue weighted by Gasteiger charge is 2.24. The normalized spacial score (nSPS) is 11.6. The summed E-state index contributed by atoms with van der Waals surface area (Å²) in [6, 6.07) is 22.5. The zero-order valence-corrected chi connectivity index (χ0v) is 28.0. The summed E-state index contributed by atoms with van der Waals surface area (Å²) < 4.78 is 42.7. The van der Waals surface area contributed by atoms with Gasteiger partial charge in [0.05, 0.1) is 18.6 Å². The summed E-state index contributed by atoms with van der Waals surface area (Å²) in [6.07, 6.45) is 3.93. The largest absolute Gasteiger partial charge is 0.497 e. The molecular weight excluding hydrogens is 609 g/mol. The van der Waals surface area contributed by atoms with Crippen LogP contribution in [0.15, 0.2) is 87.1 Å². The van der Waals surface area contributed by atoms with E-state index in [1.54, 1.807) is 63.0 Å². The van der Waals surface area contributed by atoms with Gasteiger partial charge in [-0.1, -0.05) is 67.9 Å². The van der Waals surface area contributed by atoms with Crippen LogP contribution >= 0.6 is 11.8 Å². The Bertz CT molecular complexity index is 1710. The first-order chi connectivity index (χ1) is 21.7. The standard InChI is InChI=1S/C34H40N4O5S2/c1-6-8-13-31-36-32(34(39)43-7-2)33(44-23-26-16-20-28(42-5)21-17-26)38(31)22-25-14-18-27(19-15-25)29-11-9-10-12-30(29)45(40,41)35-24-37(3)4/h9-12,14-21,24H,6-8,13,22-23H2,1-5H3/b35-24+. The number of aryl methyl sites for hydroxylation is 1. The van der Waals surface area contributed by atoms with Crippen LogP contribution in [0.5, 0.6) is 5.75 Å². The summed E-state index contributed by atoms with van der Waals surface area (Å²) in [5, 5.41) is 0.759. The molecule has 0 spiro atoms. The van der Waals surface area contributed by atoms with Gasteiger partial charge >= 0.3 is 5.97 Å². The highest BCUT2D eigenvalue weighted by molar-refractivity contribution is 7.98. The fraction of sp³-hybridized carbons (Fsp3) is 0.324. The molecule has 0 aliphatic carbocycles. The Hall–Kier alpha value is -4.09. The molecular formula is C34H40N4O5S2. The molecule has 238 valence electrons. The molecule has 0 atom stereocenters. The van der Waals surface area contributed by atoms with Crippen LogP contribution in [0.2, 0.25) is 0 Å². The van der Waals surface area contributed by atoms with E-state index in [0.29, 0.717) is 23.6 Å². The lowest BCUT2D eigenvalue weighted by molar-refractivity contribution is 0.0515. The number of imidazole rings is 1. The van der Waals surface area contributed by atoms with Crippen molar-refractivity contribution in [3.8, 4) is 16.9 Å². The second-order valence-corrected chi connectivity index (χ2v) is 13.1. The van der Waals surface area contributed by atoms with Crippen molar-refractivity contribution in [1.29, 1.82) is 0 Å². The summed E-state index contributed by atoms with van der Waals surface area (Å²) in [6.45, 7) is 4.67. The number of esters is 1. The van der Waals surface area contributed by atoms with Gasteiger partial charge in [0.2, 0.25) is 0 Å². The van der Waals surface area contributed by atoms with Gasteiger partial charge in [0.25, 0.3) is 10.0 Å². The maximum atomic E-state index is 13.1. The van der Waals surface area contributed by atoms with Crippen molar-refractivity contribution in [2.75, 3.05) is 27.8 Å². The lowest BCUT2D eigenvalue weighted by Crippen LogP contribution is -2.10. The Labute approximate surface area is 270 Å². The molecule has 11 heteroatoms. The van der Waals surface area contributed by atoms with Crippen molar-refractivity contribution in [3.63, 3.8) is 0 Å². The number of nitrogens with zero attached hydrogens (tertiary/aromatic N) is 4. The SMILES string of the molecule is CCCCc1nc(C(=O)OCC)c(SCc2ccc(OC)cc2)n1Cc1ccc(-c2ccccc2S(=O)(=O)/N=C/N(C)C)cc1. The average molecular weight is 649 g/mol. The van der Waals surface area contributed by atoms with Gasteiger partial charge in [-0.25, -0.2) is 9.78 Å². The van der Waals surface area contributed by atoms with Crippen molar-refractivity contribution >= 4 is 34.1 Å². The molecule has 0 aliphatic rings. The van der Waals surface area contributed by atoms with E-state index >= 15 is 0 Å². The number of rotatable bonds is 15. The van der Waals surface area contributed by atoms with Gasteiger partial charge in [-0.2, -0.15) is 8.42 Å². The van der Waals surface area contributed by atoms with Gasteiger partial charge in [-0.3, -0.25) is 0 Å². The van der Waals surface area contributed by atoms with Crippen LogP contribution in [0.1, 0.15) is 54.1 Å². The topological polar surface area (TPSA) is 103 Å². The van der Waals surface area contributed by atoms with Crippen molar-refractivity contribution in [2.24, 2.45) is 4.40 Å². The summed E-state index contributed by atoms with van der Waals surface area (Å²) in [5.41, 5.74) is 3.74. The highest BCUT2D eigenvalue weighted by Crippen LogP contribution is 2.32. The van der Waals surface area contributed by atoms with Gasteiger partial charge in [-0.15, -0.1) is 16.2 Å². The van der Waals surface area contributed by atoms with Crippen LogP contribution in [-0.2, 0) is 33.5 Å². The zero-order chi connectivity index (χ0) is 32.4. The first kappa shape index (κ1) is 33.8. The number of aromatic nitrogens is 2. The molecule has 9 nitrogen and oxygen atoms in total. The number of sulfonamides is 1. The van der Waals surface area contributed by atoms with Crippen molar-refractivity contribution in [2.45, 2.75) is 55.3 Å². The molecule has 4 aromatic rings. The number of hydrogen-bond donors (Lipinski definition) is 0. The Morgan fingerprint density at radius 3 is 2.33 bits per heavy atom. The number of benzene rings is 3. The van der Waals surface area contributed by atoms with Crippen LogP contribution in [0.3, 0.4) is 0 Å². The first-order valence-electron chi connectivity index (χ1n) is 14.8. The molecule has 1 heterocycles. The molecule has 0 N–H and O–H groups in total. The van der Waals surface area contributed by atoms with Crippen LogP contribution < -0.4 is 4.74 Å². The van der Waals surface area contributed by atoms with E-state index in [1.807, 2.05) is 54.6 Å². The van der Waals surface area contributed by atoms with E-state index < -0.39 is 16.0 Å². The number of thioether (sulfide) groups is 1. The van der Waals surface area contributed by atoms with Crippen molar-refractivity contribution in [1.82, 2.24) is 14.5 Å². The minimum Gasteiger partial charge on any atom is -0.497 e. The van der Waals surface area contributed by atoms with E-state index in [9.17, 15) is 13.2 Å². The molecule has 0 saturated carbocycles. The molecule has 0 saturated heterocycles. The molecule has 0 aliphatic heterocycles. The summed E-state index contributed by atoms with van der Waals surface area (Å²) in [4.78, 5) is 19.6. The quantitative estimate of drug-likeness (QED) is 0.0608. The predicted molar refractivity (Wildman–Crippen MR) is 180 cm³/mol. The van der Waals surface area contributed by atoms with Gasteiger partial charge < -0.3 is 18.9 Å². The lowest BCUT2D eigenvalue weighted by Gasteiger charge is -2.14. The van der Waals surface area contributed by atoms with E-state index in [1.165, 1.54) is 6.34 Å². The number of ether oxygens (including phenoxy) is 2. The Kier molecular flexibility index (Phi) is 11.8. The smallest absolute Gasteiger partial charge is 0.359 e. The summed E-state index contributed by atoms with van der Waals surface area (Å²) in [7, 11) is 1.18. The Morgan fingerprint density at radius 2 is 1.69 bits per heavy atom. The third kappa shape index (κ3) is 8.76. The van der Waals surface area contributed by atoms with Crippen molar-refractivity contribution < 1.29 is 22.7 Å². The van der Waals surface area contributed by atoms with E-state index in [2.05, 4.69) is 15.9 Å². The van der Waals surface area contributed by atoms with Gasteiger partial charge in [0.1, 0.15) is 22.9 Å². The van der Waals surface area contributed by atoms with Gasteiger partial charge in [-0.05, 0) is 48.2 Å². The maximum absolute atomic E-state index is 13.1. The average Bonchev–Trinajstić information content (AvgIpc) is 3.39. The predicted octanol–water partition coefficient (Wildman–Crippen LogP) is 6.70. The summed E-state index contributed by atoms with van der Waals surface area (Å²) >= 11 is 1.55. The van der Waals surface area contributed by atoms with E-state index in [-0.39, 0.29) is 11.5 Å². The monoisotopic (exact) mass is 648 g/mol. The van der Waals surface area contributed by atoms with E-state index in [0.717, 1.165) is 52.6 Å². The molecule has 0 bridgehead atoms. The fourth-order valence-corrected chi connectivity index (χ4v) is 6.87. The van der Waals surface area contributed by atoms with Crippen LogP contribution in [0.4, 0.5) is 0 Å². The molecule has 4 rings (SSSR count). The highest BCUT2D eigenvalue weighted by atomic mass is 32.2. The zero-order valence-electron chi connectivity index (χ0n) is 26.4. The Morgan fingerprint density at radius 1 is 1.00 bits per heavy atom.